The van der Waals surface area contributed by atoms with Crippen LogP contribution in [-0.2, 0) is 6.18 Å². The van der Waals surface area contributed by atoms with Gasteiger partial charge in [0, 0.05) is 26.2 Å². The first-order valence-electron chi connectivity index (χ1n) is 9.84. The number of rotatable bonds is 4. The average molecular weight is 460 g/mol. The molecule has 0 bridgehead atoms. The van der Waals surface area contributed by atoms with Gasteiger partial charge < -0.3 is 15.1 Å². The Hall–Kier alpha value is -3.40. The van der Waals surface area contributed by atoms with Crippen LogP contribution in [0.25, 0.3) is 0 Å². The molecule has 3 aromatic rings. The molecule has 2 amide bonds. The monoisotopic (exact) mass is 460 g/mol. The van der Waals surface area contributed by atoms with Crippen LogP contribution in [0, 0.1) is 0 Å². The zero-order valence-electron chi connectivity index (χ0n) is 16.8. The number of carbonyl (C=O) groups excluding carboxylic acids is 2. The lowest BCUT2D eigenvalue weighted by molar-refractivity contribution is -0.137. The molecule has 10 heteroatoms. The molecule has 0 radical (unpaired) electrons. The zero-order chi connectivity index (χ0) is 22.7. The van der Waals surface area contributed by atoms with E-state index in [0.717, 1.165) is 12.1 Å². The maximum absolute atomic E-state index is 13.1. The first kappa shape index (κ1) is 21.8. The highest BCUT2D eigenvalue weighted by Crippen LogP contribution is 2.32. The summed E-state index contributed by atoms with van der Waals surface area (Å²) in [5.41, 5.74) is -1.14. The number of amides is 2. The van der Waals surface area contributed by atoms with Gasteiger partial charge in [0.25, 0.3) is 11.8 Å². The van der Waals surface area contributed by atoms with Gasteiger partial charge in [0.1, 0.15) is 5.82 Å². The molecular formula is C22H19F3N4O2S. The number of alkyl halides is 3. The molecule has 1 saturated heterocycles. The van der Waals surface area contributed by atoms with Gasteiger partial charge in [-0.05, 0) is 35.7 Å². The Morgan fingerprint density at radius 3 is 2.34 bits per heavy atom. The standard InChI is InChI=1S/C22H19F3N4O2S/c23-22(24,25)17-5-2-1-4-16(17)20(30)27-15-7-8-19(26-14-15)28-9-11-29(12-10-28)21(31)18-6-3-13-32-18/h1-8,13-14H,9-12H2,(H,27,30). The third kappa shape index (κ3) is 4.75. The highest BCUT2D eigenvalue weighted by molar-refractivity contribution is 7.12. The molecule has 1 aromatic carbocycles. The van der Waals surface area contributed by atoms with Gasteiger partial charge in [0.2, 0.25) is 0 Å². The summed E-state index contributed by atoms with van der Waals surface area (Å²) in [6, 6.07) is 11.6. The van der Waals surface area contributed by atoms with Gasteiger partial charge in [-0.3, -0.25) is 9.59 Å². The number of anilines is 2. The van der Waals surface area contributed by atoms with E-state index in [-0.39, 0.29) is 5.91 Å². The summed E-state index contributed by atoms with van der Waals surface area (Å²) in [6.45, 7) is 2.33. The first-order valence-corrected chi connectivity index (χ1v) is 10.7. The Morgan fingerprint density at radius 2 is 1.72 bits per heavy atom. The van der Waals surface area contributed by atoms with Crippen molar-refractivity contribution in [2.24, 2.45) is 0 Å². The minimum atomic E-state index is -4.62. The Bertz CT molecular complexity index is 1090. The topological polar surface area (TPSA) is 65.5 Å². The van der Waals surface area contributed by atoms with Crippen LogP contribution in [0.3, 0.4) is 0 Å². The quantitative estimate of drug-likeness (QED) is 0.628. The predicted molar refractivity (Wildman–Crippen MR) is 116 cm³/mol. The van der Waals surface area contributed by atoms with Gasteiger partial charge in [0.15, 0.2) is 0 Å². The number of carbonyl (C=O) groups is 2. The lowest BCUT2D eigenvalue weighted by atomic mass is 10.1. The number of nitrogens with one attached hydrogen (secondary N) is 1. The summed E-state index contributed by atoms with van der Waals surface area (Å²) in [6.07, 6.45) is -3.21. The summed E-state index contributed by atoms with van der Waals surface area (Å²) in [4.78, 5) is 33.7. The second-order valence-corrected chi connectivity index (χ2v) is 8.11. The molecule has 0 spiro atoms. The van der Waals surface area contributed by atoms with E-state index >= 15 is 0 Å². The van der Waals surface area contributed by atoms with E-state index in [1.807, 2.05) is 16.3 Å². The van der Waals surface area contributed by atoms with E-state index in [0.29, 0.717) is 42.6 Å². The molecule has 6 nitrogen and oxygen atoms in total. The molecule has 1 N–H and O–H groups in total. The van der Waals surface area contributed by atoms with Crippen molar-refractivity contribution in [3.63, 3.8) is 0 Å². The first-order chi connectivity index (χ1) is 15.3. The van der Waals surface area contributed by atoms with E-state index in [4.69, 9.17) is 0 Å². The second-order valence-electron chi connectivity index (χ2n) is 7.16. The fraction of sp³-hybridized carbons (Fsp3) is 0.227. The van der Waals surface area contributed by atoms with Gasteiger partial charge in [-0.15, -0.1) is 11.3 Å². The molecule has 0 unspecified atom stereocenters. The average Bonchev–Trinajstić information content (AvgIpc) is 3.34. The number of hydrogen-bond donors (Lipinski definition) is 1. The van der Waals surface area contributed by atoms with Gasteiger partial charge in [-0.1, -0.05) is 18.2 Å². The molecule has 4 rings (SSSR count). The van der Waals surface area contributed by atoms with E-state index in [2.05, 4.69) is 10.3 Å². The normalized spacial score (nSPS) is 14.3. The molecule has 0 saturated carbocycles. The fourth-order valence-corrected chi connectivity index (χ4v) is 4.16. The number of halogens is 3. The van der Waals surface area contributed by atoms with E-state index in [9.17, 15) is 22.8 Å². The largest absolute Gasteiger partial charge is 0.417 e. The van der Waals surface area contributed by atoms with Crippen LogP contribution in [-0.4, -0.2) is 47.9 Å². The van der Waals surface area contributed by atoms with Crippen LogP contribution in [0.4, 0.5) is 24.7 Å². The van der Waals surface area contributed by atoms with Gasteiger partial charge in [-0.25, -0.2) is 4.98 Å². The lowest BCUT2D eigenvalue weighted by Crippen LogP contribution is -2.48. The highest BCUT2D eigenvalue weighted by atomic mass is 32.1. The fourth-order valence-electron chi connectivity index (χ4n) is 3.47. The van der Waals surface area contributed by atoms with E-state index in [1.54, 1.807) is 23.1 Å². The van der Waals surface area contributed by atoms with Crippen molar-refractivity contribution < 1.29 is 22.8 Å². The molecule has 1 aliphatic rings. The van der Waals surface area contributed by atoms with E-state index < -0.39 is 23.2 Å². The number of pyridine rings is 1. The van der Waals surface area contributed by atoms with Gasteiger partial charge in [-0.2, -0.15) is 13.2 Å². The molecule has 1 fully saturated rings. The molecular weight excluding hydrogens is 441 g/mol. The SMILES string of the molecule is O=C(Nc1ccc(N2CCN(C(=O)c3cccs3)CC2)nc1)c1ccccc1C(F)(F)F. The summed E-state index contributed by atoms with van der Waals surface area (Å²) in [7, 11) is 0. The Labute approximate surface area is 186 Å². The minimum Gasteiger partial charge on any atom is -0.353 e. The number of hydrogen-bond acceptors (Lipinski definition) is 5. The second kappa shape index (κ2) is 8.99. The summed E-state index contributed by atoms with van der Waals surface area (Å²) in [5, 5.41) is 4.34. The maximum atomic E-state index is 13.1. The molecule has 2 aromatic heterocycles. The highest BCUT2D eigenvalue weighted by Gasteiger charge is 2.34. The lowest BCUT2D eigenvalue weighted by Gasteiger charge is -2.35. The van der Waals surface area contributed by atoms with Crippen molar-refractivity contribution in [1.29, 1.82) is 0 Å². The Kier molecular flexibility index (Phi) is 6.13. The van der Waals surface area contributed by atoms with Crippen molar-refractivity contribution >= 4 is 34.7 Å². The van der Waals surface area contributed by atoms with Crippen molar-refractivity contribution in [2.75, 3.05) is 36.4 Å². The number of aromatic nitrogens is 1. The molecule has 3 heterocycles. The van der Waals surface area contributed by atoms with Crippen LogP contribution in [0.1, 0.15) is 25.6 Å². The Balaban J connectivity index is 1.37. The molecule has 1 aliphatic heterocycles. The van der Waals surface area contributed by atoms with Crippen LogP contribution < -0.4 is 10.2 Å². The zero-order valence-corrected chi connectivity index (χ0v) is 17.6. The summed E-state index contributed by atoms with van der Waals surface area (Å²) >= 11 is 1.41. The number of thiophene rings is 1. The summed E-state index contributed by atoms with van der Waals surface area (Å²) < 4.78 is 39.4. The smallest absolute Gasteiger partial charge is 0.353 e. The van der Waals surface area contributed by atoms with Crippen LogP contribution in [0.5, 0.6) is 0 Å². The van der Waals surface area contributed by atoms with Gasteiger partial charge >= 0.3 is 6.18 Å². The molecule has 0 atom stereocenters. The van der Waals surface area contributed by atoms with Crippen LogP contribution >= 0.6 is 11.3 Å². The summed E-state index contributed by atoms with van der Waals surface area (Å²) in [5.74, 6) is -0.167. The Morgan fingerprint density at radius 1 is 0.969 bits per heavy atom. The van der Waals surface area contributed by atoms with Crippen LogP contribution in [0.15, 0.2) is 60.1 Å². The maximum Gasteiger partial charge on any atom is 0.417 e. The number of piperazine rings is 1. The third-order valence-electron chi connectivity index (χ3n) is 5.11. The third-order valence-corrected chi connectivity index (χ3v) is 5.96. The van der Waals surface area contributed by atoms with Crippen LogP contribution in [0.2, 0.25) is 0 Å². The minimum absolute atomic E-state index is 0.0183. The van der Waals surface area contributed by atoms with Crippen molar-refractivity contribution in [3.05, 3.63) is 76.1 Å². The van der Waals surface area contributed by atoms with Crippen molar-refractivity contribution in [3.8, 4) is 0 Å². The molecule has 166 valence electrons. The number of nitrogens with zero attached hydrogens (tertiary/aromatic N) is 3. The molecule has 0 aliphatic carbocycles. The van der Waals surface area contributed by atoms with Crippen molar-refractivity contribution in [2.45, 2.75) is 6.18 Å². The van der Waals surface area contributed by atoms with Gasteiger partial charge in [0.05, 0.1) is 27.9 Å². The van der Waals surface area contributed by atoms with E-state index in [1.165, 1.54) is 29.7 Å². The molecule has 32 heavy (non-hydrogen) atoms. The predicted octanol–water partition coefficient (Wildman–Crippen LogP) is 4.38. The van der Waals surface area contributed by atoms with Crippen molar-refractivity contribution in [1.82, 2.24) is 9.88 Å². The number of benzene rings is 1.